The first kappa shape index (κ1) is 32.6. The Labute approximate surface area is 337 Å². The molecule has 1 aliphatic heterocycles. The van der Waals surface area contributed by atoms with Gasteiger partial charge in [-0.15, -0.1) is 0 Å². The van der Waals surface area contributed by atoms with E-state index in [0.717, 1.165) is 50.9 Å². The predicted octanol–water partition coefficient (Wildman–Crippen LogP) is 14.4. The highest BCUT2D eigenvalue weighted by atomic mass is 16.5. The third kappa shape index (κ3) is 4.62. The Kier molecular flexibility index (Phi) is 7.14. The average Bonchev–Trinajstić information content (AvgIpc) is 3.79. The molecule has 0 saturated carbocycles. The molecular weight excluding hydrogens is 705 g/mol. The molecule has 0 fully saturated rings. The summed E-state index contributed by atoms with van der Waals surface area (Å²) < 4.78 is 9.18. The molecular formula is C55H36N2O. The molecule has 12 rings (SSSR count). The van der Waals surface area contributed by atoms with E-state index in [1.807, 2.05) is 0 Å². The molecule has 0 atom stereocenters. The number of ether oxygens (including phenoxy) is 1. The standard InChI is InChI=1S/C55H36N2O/c1-4-16-38(17-5-1)55(39-18-6-2-7-19-39)48-26-12-10-22-44(48)45-35-34-42(36-49(45)55)56(40-20-8-3-9-21-40)41-32-30-37(31-33-41)43-24-14-28-51-54(43)58-52-29-15-25-47-46-23-11-13-27-50(46)57(51)53(47)52/h1-36H. The minimum atomic E-state index is -0.488. The summed E-state index contributed by atoms with van der Waals surface area (Å²) in [5.74, 6) is 1.74. The lowest BCUT2D eigenvalue weighted by atomic mass is 9.67. The fourth-order valence-corrected chi connectivity index (χ4v) is 9.85. The lowest BCUT2D eigenvalue weighted by molar-refractivity contribution is 0.478. The van der Waals surface area contributed by atoms with E-state index in [9.17, 15) is 0 Å². The molecule has 0 unspecified atom stereocenters. The summed E-state index contributed by atoms with van der Waals surface area (Å²) in [5.41, 5.74) is 15.9. The largest absolute Gasteiger partial charge is 0.452 e. The molecule has 3 nitrogen and oxygen atoms in total. The van der Waals surface area contributed by atoms with E-state index in [2.05, 4.69) is 228 Å². The van der Waals surface area contributed by atoms with Gasteiger partial charge in [0.05, 0.1) is 22.1 Å². The van der Waals surface area contributed by atoms with Gasteiger partial charge in [-0.2, -0.15) is 0 Å². The summed E-state index contributed by atoms with van der Waals surface area (Å²) in [6, 6.07) is 79.1. The van der Waals surface area contributed by atoms with Gasteiger partial charge in [0, 0.05) is 33.4 Å². The molecule has 1 aromatic heterocycles. The van der Waals surface area contributed by atoms with E-state index in [0.29, 0.717) is 0 Å². The normalized spacial score (nSPS) is 13.1. The SMILES string of the molecule is c1ccc(N(c2ccc(-c3cccc4c3Oc3cccc5c6ccccc6n-4c35)cc2)c2ccc3c(c2)C(c2ccccc2)(c2ccccc2)c2ccccc2-3)cc1. The zero-order valence-corrected chi connectivity index (χ0v) is 31.6. The number of nitrogens with zero attached hydrogens (tertiary/aromatic N) is 2. The quantitative estimate of drug-likeness (QED) is 0.169. The Hall–Kier alpha value is -7.62. The number of fused-ring (bicyclic) bond motifs is 8. The Bertz CT molecular complexity index is 3150. The summed E-state index contributed by atoms with van der Waals surface area (Å²) in [6.45, 7) is 0. The highest BCUT2D eigenvalue weighted by Crippen LogP contribution is 2.57. The van der Waals surface area contributed by atoms with Gasteiger partial charge in [0.15, 0.2) is 11.5 Å². The molecule has 0 N–H and O–H groups in total. The molecule has 9 aromatic carbocycles. The van der Waals surface area contributed by atoms with E-state index in [-0.39, 0.29) is 0 Å². The van der Waals surface area contributed by atoms with Crippen molar-refractivity contribution < 1.29 is 4.74 Å². The molecule has 58 heavy (non-hydrogen) atoms. The van der Waals surface area contributed by atoms with Crippen LogP contribution in [0, 0.1) is 0 Å². The fraction of sp³-hybridized carbons (Fsp3) is 0.0182. The summed E-state index contributed by atoms with van der Waals surface area (Å²) in [5, 5.41) is 2.43. The minimum absolute atomic E-state index is 0.488. The molecule has 0 spiro atoms. The zero-order valence-electron chi connectivity index (χ0n) is 31.6. The Morgan fingerprint density at radius 3 is 1.78 bits per heavy atom. The van der Waals surface area contributed by atoms with Gasteiger partial charge in [-0.3, -0.25) is 0 Å². The van der Waals surface area contributed by atoms with Gasteiger partial charge in [0.1, 0.15) is 0 Å². The van der Waals surface area contributed by atoms with Crippen LogP contribution in [-0.4, -0.2) is 4.57 Å². The lowest BCUT2D eigenvalue weighted by Gasteiger charge is -2.35. The highest BCUT2D eigenvalue weighted by molar-refractivity contribution is 6.12. The van der Waals surface area contributed by atoms with Crippen LogP contribution >= 0.6 is 0 Å². The third-order valence-corrected chi connectivity index (χ3v) is 12.3. The van der Waals surface area contributed by atoms with Crippen molar-refractivity contribution in [2.24, 2.45) is 0 Å². The topological polar surface area (TPSA) is 17.4 Å². The summed E-state index contributed by atoms with van der Waals surface area (Å²) in [7, 11) is 0. The van der Waals surface area contributed by atoms with Crippen molar-refractivity contribution in [2.45, 2.75) is 5.41 Å². The van der Waals surface area contributed by atoms with Gasteiger partial charge in [-0.25, -0.2) is 0 Å². The molecule has 0 saturated heterocycles. The van der Waals surface area contributed by atoms with Crippen LogP contribution in [0.3, 0.4) is 0 Å². The maximum absolute atomic E-state index is 6.81. The summed E-state index contributed by atoms with van der Waals surface area (Å²) >= 11 is 0. The second-order valence-electron chi connectivity index (χ2n) is 15.2. The number of benzene rings is 9. The Balaban J connectivity index is 1.01. The van der Waals surface area contributed by atoms with Crippen LogP contribution in [-0.2, 0) is 5.41 Å². The van der Waals surface area contributed by atoms with Crippen LogP contribution in [0.2, 0.25) is 0 Å². The van der Waals surface area contributed by atoms with Crippen molar-refractivity contribution >= 4 is 38.9 Å². The smallest absolute Gasteiger partial charge is 0.159 e. The highest BCUT2D eigenvalue weighted by Gasteiger charge is 2.46. The molecule has 3 heteroatoms. The maximum Gasteiger partial charge on any atom is 0.159 e. The number of rotatable bonds is 6. The molecule has 10 aromatic rings. The van der Waals surface area contributed by atoms with Crippen LogP contribution in [0.4, 0.5) is 17.1 Å². The fourth-order valence-electron chi connectivity index (χ4n) is 9.85. The Morgan fingerprint density at radius 1 is 0.414 bits per heavy atom. The van der Waals surface area contributed by atoms with Crippen molar-refractivity contribution in [3.05, 3.63) is 241 Å². The van der Waals surface area contributed by atoms with Crippen molar-refractivity contribution in [3.63, 3.8) is 0 Å². The van der Waals surface area contributed by atoms with E-state index < -0.39 is 5.41 Å². The molecule has 0 bridgehead atoms. The summed E-state index contributed by atoms with van der Waals surface area (Å²) in [6.07, 6.45) is 0. The van der Waals surface area contributed by atoms with E-state index in [1.165, 1.54) is 49.7 Å². The van der Waals surface area contributed by atoms with Crippen molar-refractivity contribution in [2.75, 3.05) is 4.90 Å². The monoisotopic (exact) mass is 740 g/mol. The van der Waals surface area contributed by atoms with Gasteiger partial charge in [0.25, 0.3) is 0 Å². The first-order valence-corrected chi connectivity index (χ1v) is 19.9. The number of hydrogen-bond donors (Lipinski definition) is 0. The van der Waals surface area contributed by atoms with E-state index in [1.54, 1.807) is 0 Å². The molecule has 1 aliphatic carbocycles. The average molecular weight is 741 g/mol. The van der Waals surface area contributed by atoms with E-state index >= 15 is 0 Å². The molecule has 2 heterocycles. The van der Waals surface area contributed by atoms with Crippen LogP contribution in [0.15, 0.2) is 218 Å². The van der Waals surface area contributed by atoms with Crippen LogP contribution in [0.25, 0.3) is 49.7 Å². The first-order chi connectivity index (χ1) is 28.8. The molecule has 0 amide bonds. The third-order valence-electron chi connectivity index (χ3n) is 12.3. The van der Waals surface area contributed by atoms with E-state index in [4.69, 9.17) is 4.74 Å². The van der Waals surface area contributed by atoms with Gasteiger partial charge in [-0.05, 0) is 93.5 Å². The molecule has 0 radical (unpaired) electrons. The number of aromatic nitrogens is 1. The summed E-state index contributed by atoms with van der Waals surface area (Å²) in [4.78, 5) is 2.38. The molecule has 272 valence electrons. The van der Waals surface area contributed by atoms with Gasteiger partial charge < -0.3 is 14.2 Å². The van der Waals surface area contributed by atoms with Crippen LogP contribution in [0.1, 0.15) is 22.3 Å². The van der Waals surface area contributed by atoms with Gasteiger partial charge >= 0.3 is 0 Å². The zero-order chi connectivity index (χ0) is 38.2. The van der Waals surface area contributed by atoms with Gasteiger partial charge in [0.2, 0.25) is 0 Å². The second kappa shape index (κ2) is 12.7. The number of para-hydroxylation sites is 4. The van der Waals surface area contributed by atoms with Crippen molar-refractivity contribution in [1.82, 2.24) is 4.57 Å². The van der Waals surface area contributed by atoms with Crippen molar-refractivity contribution in [1.29, 1.82) is 0 Å². The van der Waals surface area contributed by atoms with Crippen LogP contribution in [0.5, 0.6) is 11.5 Å². The predicted molar refractivity (Wildman–Crippen MR) is 238 cm³/mol. The lowest BCUT2D eigenvalue weighted by Crippen LogP contribution is -2.28. The Morgan fingerprint density at radius 2 is 1.00 bits per heavy atom. The first-order valence-electron chi connectivity index (χ1n) is 19.9. The molecule has 2 aliphatic rings. The number of hydrogen-bond acceptors (Lipinski definition) is 2. The minimum Gasteiger partial charge on any atom is -0.452 e. The van der Waals surface area contributed by atoms with Gasteiger partial charge in [-0.1, -0.05) is 164 Å². The van der Waals surface area contributed by atoms with Crippen LogP contribution < -0.4 is 9.64 Å². The number of anilines is 3. The maximum atomic E-state index is 6.81. The van der Waals surface area contributed by atoms with Crippen molar-refractivity contribution in [3.8, 4) is 39.4 Å². The second-order valence-corrected chi connectivity index (χ2v) is 15.2.